The van der Waals surface area contributed by atoms with Crippen LogP contribution in [0.1, 0.15) is 59.8 Å². The van der Waals surface area contributed by atoms with Gasteiger partial charge in [-0.1, -0.05) is 19.1 Å². The molecule has 4 heterocycles. The number of benzene rings is 2. The summed E-state index contributed by atoms with van der Waals surface area (Å²) in [6.45, 7) is 6.44. The molecule has 2 aliphatic heterocycles. The molecule has 0 spiro atoms. The number of hydrogen-bond acceptors (Lipinski definition) is 9. The fourth-order valence-corrected chi connectivity index (χ4v) is 5.83. The van der Waals surface area contributed by atoms with Crippen molar-refractivity contribution in [1.82, 2.24) is 34.9 Å². The fourth-order valence-electron chi connectivity index (χ4n) is 5.83. The van der Waals surface area contributed by atoms with Crippen LogP contribution in [0.5, 0.6) is 5.75 Å². The standard InChI is InChI=1S/C31H36FN9O2/c1-5-25-29-38-37-19(2)41(29)26-17-33-31(36-28(26)40(25)18-20-6-9-22(32)10-7-20)35-24-11-8-21(16-27(24)43-4)30(42)34-23-12-14-39(3)15-13-23/h6-11,16-17,23,25H,5,12-15,18H2,1-4H3,(H,34,42)(H,33,35,36)/t25-/m1/s1. The minimum Gasteiger partial charge on any atom is -0.495 e. The van der Waals surface area contributed by atoms with Crippen LogP contribution in [0.2, 0.25) is 0 Å². The number of carbonyl (C=O) groups excluding carboxylic acids is 1. The maximum atomic E-state index is 13.7. The van der Waals surface area contributed by atoms with Gasteiger partial charge >= 0.3 is 0 Å². The van der Waals surface area contributed by atoms with Crippen molar-refractivity contribution in [3.05, 3.63) is 77.3 Å². The van der Waals surface area contributed by atoms with Gasteiger partial charge in [0, 0.05) is 18.2 Å². The lowest BCUT2D eigenvalue weighted by atomic mass is 10.0. The van der Waals surface area contributed by atoms with E-state index in [0.717, 1.165) is 55.3 Å². The molecule has 11 nitrogen and oxygen atoms in total. The summed E-state index contributed by atoms with van der Waals surface area (Å²) < 4.78 is 21.3. The zero-order chi connectivity index (χ0) is 30.1. The minimum absolute atomic E-state index is 0.0987. The predicted molar refractivity (Wildman–Crippen MR) is 162 cm³/mol. The lowest BCUT2D eigenvalue weighted by Gasteiger charge is -2.37. The van der Waals surface area contributed by atoms with Gasteiger partial charge in [-0.15, -0.1) is 10.2 Å². The third-order valence-corrected chi connectivity index (χ3v) is 8.20. The molecule has 4 aromatic rings. The number of rotatable bonds is 8. The van der Waals surface area contributed by atoms with Crippen LogP contribution >= 0.6 is 0 Å². The molecular formula is C31H36FN9O2. The number of ether oxygens (including phenoxy) is 1. The number of aryl methyl sites for hydroxylation is 1. The van der Waals surface area contributed by atoms with E-state index in [4.69, 9.17) is 9.72 Å². The van der Waals surface area contributed by atoms with Gasteiger partial charge in [0.25, 0.3) is 5.91 Å². The Labute approximate surface area is 250 Å². The van der Waals surface area contributed by atoms with Gasteiger partial charge in [0.05, 0.1) is 25.0 Å². The second kappa shape index (κ2) is 12.0. The number of nitrogens with zero attached hydrogens (tertiary/aromatic N) is 7. The third kappa shape index (κ3) is 5.74. The SMILES string of the molecule is CC[C@@H]1c2nnc(C)n2-c2cnc(Nc3ccc(C(=O)NC4CCN(C)CC4)cc3OC)nc2N1Cc1ccc(F)cc1. The average molecular weight is 586 g/mol. The Morgan fingerprint density at radius 2 is 1.88 bits per heavy atom. The van der Waals surface area contributed by atoms with Crippen molar-refractivity contribution in [2.24, 2.45) is 0 Å². The molecular weight excluding hydrogens is 549 g/mol. The van der Waals surface area contributed by atoms with Crippen molar-refractivity contribution in [3.8, 4) is 11.4 Å². The number of methoxy groups -OCH3 is 1. The molecule has 2 N–H and O–H groups in total. The minimum atomic E-state index is -0.279. The molecule has 0 bridgehead atoms. The zero-order valence-electron chi connectivity index (χ0n) is 24.8. The molecule has 0 aliphatic carbocycles. The molecule has 2 aliphatic rings. The largest absolute Gasteiger partial charge is 0.495 e. The smallest absolute Gasteiger partial charge is 0.251 e. The molecule has 43 heavy (non-hydrogen) atoms. The number of hydrogen-bond donors (Lipinski definition) is 2. The van der Waals surface area contributed by atoms with Gasteiger partial charge in [0.1, 0.15) is 23.1 Å². The van der Waals surface area contributed by atoms with Crippen LogP contribution in [0.25, 0.3) is 5.69 Å². The van der Waals surface area contributed by atoms with E-state index in [1.165, 1.54) is 12.1 Å². The van der Waals surface area contributed by atoms with Crippen LogP contribution in [0.3, 0.4) is 0 Å². The highest BCUT2D eigenvalue weighted by atomic mass is 19.1. The van der Waals surface area contributed by atoms with E-state index in [9.17, 15) is 9.18 Å². The van der Waals surface area contributed by atoms with E-state index >= 15 is 0 Å². The molecule has 1 fully saturated rings. The molecule has 0 radical (unpaired) electrons. The molecule has 1 saturated heterocycles. The first kappa shape index (κ1) is 28.5. The molecule has 1 atom stereocenters. The van der Waals surface area contributed by atoms with Gasteiger partial charge in [-0.3, -0.25) is 9.36 Å². The van der Waals surface area contributed by atoms with Gasteiger partial charge in [-0.2, -0.15) is 4.98 Å². The number of piperidine rings is 1. The molecule has 0 unspecified atom stereocenters. The average Bonchev–Trinajstić information content (AvgIpc) is 3.40. The van der Waals surface area contributed by atoms with E-state index in [2.05, 4.69) is 49.6 Å². The number of fused-ring (bicyclic) bond motifs is 3. The number of carbonyl (C=O) groups is 1. The van der Waals surface area contributed by atoms with Crippen LogP contribution < -0.4 is 20.3 Å². The van der Waals surface area contributed by atoms with Gasteiger partial charge in [0.15, 0.2) is 11.6 Å². The van der Waals surface area contributed by atoms with Crippen LogP contribution in [-0.2, 0) is 6.54 Å². The van der Waals surface area contributed by atoms with Gasteiger partial charge < -0.3 is 25.2 Å². The Morgan fingerprint density at radius 1 is 1.12 bits per heavy atom. The summed E-state index contributed by atoms with van der Waals surface area (Å²) in [7, 11) is 3.67. The summed E-state index contributed by atoms with van der Waals surface area (Å²) in [5.41, 5.74) is 2.87. The van der Waals surface area contributed by atoms with Crippen LogP contribution in [0.15, 0.2) is 48.7 Å². The van der Waals surface area contributed by atoms with Crippen LogP contribution in [0, 0.1) is 12.7 Å². The molecule has 6 rings (SSSR count). The van der Waals surface area contributed by atoms with Crippen molar-refractivity contribution < 1.29 is 13.9 Å². The quantitative estimate of drug-likeness (QED) is 0.307. The Bertz CT molecular complexity index is 1620. The second-order valence-corrected chi connectivity index (χ2v) is 11.1. The molecule has 1 amide bonds. The number of likely N-dealkylation sites (tertiary alicyclic amines) is 1. The Morgan fingerprint density at radius 3 is 2.60 bits per heavy atom. The number of aromatic nitrogens is 5. The van der Waals surface area contributed by atoms with E-state index in [-0.39, 0.29) is 23.8 Å². The van der Waals surface area contributed by atoms with Gasteiger partial charge in [-0.25, -0.2) is 9.37 Å². The monoisotopic (exact) mass is 585 g/mol. The predicted octanol–water partition coefficient (Wildman–Crippen LogP) is 4.55. The normalized spacial score (nSPS) is 16.9. The maximum absolute atomic E-state index is 13.7. The van der Waals surface area contributed by atoms with Crippen molar-refractivity contribution in [1.29, 1.82) is 0 Å². The fraction of sp³-hybridized carbons (Fsp3) is 0.387. The molecule has 0 saturated carbocycles. The van der Waals surface area contributed by atoms with E-state index in [0.29, 0.717) is 35.3 Å². The summed E-state index contributed by atoms with van der Waals surface area (Å²) in [5, 5.41) is 15.3. The van der Waals surface area contributed by atoms with Crippen LogP contribution in [-0.4, -0.2) is 68.8 Å². The number of amides is 1. The lowest BCUT2D eigenvalue weighted by Crippen LogP contribution is -2.43. The van der Waals surface area contributed by atoms with Crippen molar-refractivity contribution in [3.63, 3.8) is 0 Å². The number of nitrogens with one attached hydrogen (secondary N) is 2. The van der Waals surface area contributed by atoms with Crippen molar-refractivity contribution in [2.75, 3.05) is 37.5 Å². The maximum Gasteiger partial charge on any atom is 0.251 e. The summed E-state index contributed by atoms with van der Waals surface area (Å²) in [4.78, 5) is 27.0. The summed E-state index contributed by atoms with van der Waals surface area (Å²) in [6, 6.07) is 11.9. The zero-order valence-corrected chi connectivity index (χ0v) is 24.8. The van der Waals surface area contributed by atoms with E-state index in [1.807, 2.05) is 11.5 Å². The highest BCUT2D eigenvalue weighted by Crippen LogP contribution is 2.40. The number of anilines is 3. The van der Waals surface area contributed by atoms with Crippen LogP contribution in [0.4, 0.5) is 21.8 Å². The third-order valence-electron chi connectivity index (χ3n) is 8.20. The lowest BCUT2D eigenvalue weighted by molar-refractivity contribution is 0.0916. The molecule has 2 aromatic heterocycles. The first-order valence-corrected chi connectivity index (χ1v) is 14.6. The second-order valence-electron chi connectivity index (χ2n) is 11.1. The van der Waals surface area contributed by atoms with Crippen molar-refractivity contribution >= 4 is 23.4 Å². The van der Waals surface area contributed by atoms with E-state index in [1.54, 1.807) is 43.6 Å². The Balaban J connectivity index is 1.29. The topological polar surface area (TPSA) is 113 Å². The summed E-state index contributed by atoms with van der Waals surface area (Å²) >= 11 is 0. The first-order chi connectivity index (χ1) is 20.8. The van der Waals surface area contributed by atoms with Gasteiger partial charge in [-0.05, 0) is 82.2 Å². The Hall–Kier alpha value is -4.58. The first-order valence-electron chi connectivity index (χ1n) is 14.6. The van der Waals surface area contributed by atoms with Gasteiger partial charge in [0.2, 0.25) is 5.95 Å². The summed E-state index contributed by atoms with van der Waals surface area (Å²) in [5.74, 6) is 2.74. The molecule has 2 aromatic carbocycles. The highest BCUT2D eigenvalue weighted by molar-refractivity contribution is 5.95. The summed E-state index contributed by atoms with van der Waals surface area (Å²) in [6.07, 6.45) is 4.38. The van der Waals surface area contributed by atoms with E-state index < -0.39 is 0 Å². The molecule has 12 heteroatoms. The van der Waals surface area contributed by atoms with Crippen molar-refractivity contribution in [2.45, 2.75) is 51.7 Å². The Kier molecular flexibility index (Phi) is 7.94. The number of halogens is 1. The molecule has 224 valence electrons. The highest BCUT2D eigenvalue weighted by Gasteiger charge is 2.35.